The maximum absolute atomic E-state index is 12.6. The molecule has 8 heteroatoms. The molecule has 1 aromatic heterocycles. The molecule has 1 N–H and O–H groups in total. The third-order valence-electron chi connectivity index (χ3n) is 4.50. The minimum atomic E-state index is -0.531. The van der Waals surface area contributed by atoms with Crippen LogP contribution >= 0.6 is 38.9 Å². The number of hydrogen-bond acceptors (Lipinski definition) is 5. The fourth-order valence-electron chi connectivity index (χ4n) is 2.96. The second-order valence-electron chi connectivity index (χ2n) is 6.79. The molecule has 33 heavy (non-hydrogen) atoms. The highest BCUT2D eigenvalue weighted by Crippen LogP contribution is 2.35. The second-order valence-corrected chi connectivity index (χ2v) is 9.13. The van der Waals surface area contributed by atoms with Crippen LogP contribution in [0.5, 0.6) is 5.75 Å². The van der Waals surface area contributed by atoms with Gasteiger partial charge in [-0.05, 0) is 35.9 Å². The number of nitrogens with one attached hydrogen (secondary N) is 1. The maximum atomic E-state index is 12.6. The Morgan fingerprint density at radius 3 is 2.58 bits per heavy atom. The summed E-state index contributed by atoms with van der Waals surface area (Å²) in [5.74, 6) is -0.646. The van der Waals surface area contributed by atoms with Gasteiger partial charge in [0.15, 0.2) is 0 Å². The normalized spacial score (nSPS) is 11.3. The van der Waals surface area contributed by atoms with Gasteiger partial charge in [-0.15, -0.1) is 11.3 Å². The lowest BCUT2D eigenvalue weighted by Crippen LogP contribution is -2.16. The van der Waals surface area contributed by atoms with Crippen molar-refractivity contribution in [3.8, 4) is 5.75 Å². The van der Waals surface area contributed by atoms with Gasteiger partial charge >= 0.3 is 5.97 Å². The van der Waals surface area contributed by atoms with Crippen LogP contribution in [-0.4, -0.2) is 18.1 Å². The highest BCUT2D eigenvalue weighted by molar-refractivity contribution is 9.10. The van der Waals surface area contributed by atoms with E-state index in [-0.39, 0.29) is 0 Å². The zero-order chi connectivity index (χ0) is 23.2. The number of carbonyl (C=O) groups is 2. The summed E-state index contributed by atoms with van der Waals surface area (Å²) in [7, 11) is 0. The highest BCUT2D eigenvalue weighted by Gasteiger charge is 2.16. The number of benzene rings is 3. The predicted octanol–water partition coefficient (Wildman–Crippen LogP) is 6.70. The molecule has 0 atom stereocenters. The number of esters is 1. The number of carbonyl (C=O) groups excluding carboxylic acids is 2. The van der Waals surface area contributed by atoms with E-state index in [0.29, 0.717) is 21.2 Å². The largest absolute Gasteiger partial charge is 0.423 e. The average Bonchev–Trinajstić information content (AvgIpc) is 3.17. The molecule has 1 amide bonds. The van der Waals surface area contributed by atoms with Crippen LogP contribution in [0.25, 0.3) is 16.2 Å². The lowest BCUT2D eigenvalue weighted by Gasteiger charge is -2.06. The third kappa shape index (κ3) is 5.76. The molecular formula is C25H16BrClN2O3S. The number of ether oxygens (including phenoxy) is 1. The zero-order valence-corrected chi connectivity index (χ0v) is 20.2. The first kappa shape index (κ1) is 22.9. The minimum Gasteiger partial charge on any atom is -0.423 e. The first-order chi connectivity index (χ1) is 16.0. The molecule has 0 aliphatic carbocycles. The van der Waals surface area contributed by atoms with Crippen LogP contribution in [0.15, 0.2) is 88.4 Å². The molecule has 0 bridgehead atoms. The van der Waals surface area contributed by atoms with Crippen LogP contribution in [0, 0.1) is 0 Å². The van der Waals surface area contributed by atoms with E-state index in [4.69, 9.17) is 16.3 Å². The summed E-state index contributed by atoms with van der Waals surface area (Å²) in [5, 5.41) is 5.24. The number of hydrogen-bond donors (Lipinski definition) is 1. The summed E-state index contributed by atoms with van der Waals surface area (Å²) in [4.78, 5) is 25.2. The molecule has 0 aliphatic rings. The quantitative estimate of drug-likeness (QED) is 0.0975. The smallest absolute Gasteiger partial charge is 0.336 e. The number of amides is 1. The molecular weight excluding hydrogens is 524 g/mol. The molecule has 0 radical (unpaired) electrons. The van der Waals surface area contributed by atoms with Gasteiger partial charge in [-0.25, -0.2) is 10.2 Å². The van der Waals surface area contributed by atoms with Crippen LogP contribution in [0.2, 0.25) is 5.02 Å². The van der Waals surface area contributed by atoms with Crippen molar-refractivity contribution in [2.24, 2.45) is 5.10 Å². The molecule has 0 fully saturated rings. The SMILES string of the molecule is O=C(/C=C/c1ccccc1)Oc1ccc(Br)cc1/C=N\NC(=O)c1sc2ccccc2c1Cl. The van der Waals surface area contributed by atoms with Gasteiger partial charge in [-0.3, -0.25) is 4.79 Å². The number of hydrazone groups is 1. The van der Waals surface area contributed by atoms with E-state index in [2.05, 4.69) is 26.5 Å². The number of halogens is 2. The van der Waals surface area contributed by atoms with Gasteiger partial charge in [0.1, 0.15) is 10.6 Å². The lowest BCUT2D eigenvalue weighted by atomic mass is 10.2. The van der Waals surface area contributed by atoms with E-state index in [1.807, 2.05) is 54.6 Å². The Morgan fingerprint density at radius 2 is 1.79 bits per heavy atom. The van der Waals surface area contributed by atoms with E-state index >= 15 is 0 Å². The Kier molecular flexibility index (Phi) is 7.34. The van der Waals surface area contributed by atoms with Crippen molar-refractivity contribution < 1.29 is 14.3 Å². The van der Waals surface area contributed by atoms with Crippen molar-refractivity contribution in [1.29, 1.82) is 0 Å². The van der Waals surface area contributed by atoms with E-state index in [0.717, 1.165) is 20.1 Å². The van der Waals surface area contributed by atoms with Crippen molar-refractivity contribution >= 4 is 73.1 Å². The summed E-state index contributed by atoms with van der Waals surface area (Å²) >= 11 is 11.0. The standard InChI is InChI=1S/C25H16BrClN2O3S/c26-18-11-12-20(32-22(30)13-10-16-6-2-1-3-7-16)17(14-18)15-28-29-25(31)24-23(27)19-8-4-5-9-21(19)33-24/h1-15H,(H,29,31)/b13-10+,28-15-. The maximum Gasteiger partial charge on any atom is 0.336 e. The average molecular weight is 540 g/mol. The molecule has 0 unspecified atom stereocenters. The van der Waals surface area contributed by atoms with Crippen molar-refractivity contribution in [1.82, 2.24) is 5.43 Å². The van der Waals surface area contributed by atoms with Crippen LogP contribution in [0.4, 0.5) is 0 Å². The van der Waals surface area contributed by atoms with Gasteiger partial charge in [0.2, 0.25) is 0 Å². The van der Waals surface area contributed by atoms with Crippen molar-refractivity contribution in [3.05, 3.63) is 104 Å². The molecule has 4 rings (SSSR count). The molecule has 164 valence electrons. The van der Waals surface area contributed by atoms with Gasteiger partial charge < -0.3 is 4.74 Å². The first-order valence-corrected chi connectivity index (χ1v) is 11.7. The van der Waals surface area contributed by atoms with Gasteiger partial charge in [0.25, 0.3) is 5.91 Å². The number of fused-ring (bicyclic) bond motifs is 1. The zero-order valence-electron chi connectivity index (χ0n) is 17.0. The monoisotopic (exact) mass is 538 g/mol. The topological polar surface area (TPSA) is 67.8 Å². The van der Waals surface area contributed by atoms with Crippen LogP contribution in [0.3, 0.4) is 0 Å². The van der Waals surface area contributed by atoms with Gasteiger partial charge in [-0.1, -0.05) is 76.1 Å². The Balaban J connectivity index is 1.46. The molecule has 1 heterocycles. The fraction of sp³-hybridized carbons (Fsp3) is 0. The van der Waals surface area contributed by atoms with Crippen LogP contribution < -0.4 is 10.2 Å². The molecule has 3 aromatic carbocycles. The molecule has 0 spiro atoms. The fourth-order valence-corrected chi connectivity index (χ4v) is 4.74. The summed E-state index contributed by atoms with van der Waals surface area (Å²) in [5.41, 5.74) is 3.87. The van der Waals surface area contributed by atoms with E-state index in [1.165, 1.54) is 23.6 Å². The Hall–Kier alpha value is -3.26. The van der Waals surface area contributed by atoms with E-state index in [1.54, 1.807) is 24.3 Å². The molecule has 0 saturated heterocycles. The van der Waals surface area contributed by atoms with E-state index < -0.39 is 11.9 Å². The van der Waals surface area contributed by atoms with Crippen molar-refractivity contribution in [2.75, 3.05) is 0 Å². The summed E-state index contributed by atoms with van der Waals surface area (Å²) in [6.45, 7) is 0. The van der Waals surface area contributed by atoms with Gasteiger partial charge in [0, 0.05) is 26.2 Å². The molecule has 4 aromatic rings. The lowest BCUT2D eigenvalue weighted by molar-refractivity contribution is -0.128. The summed E-state index contributed by atoms with van der Waals surface area (Å²) < 4.78 is 7.14. The minimum absolute atomic E-state index is 0.304. The molecule has 5 nitrogen and oxygen atoms in total. The van der Waals surface area contributed by atoms with Crippen LogP contribution in [0.1, 0.15) is 20.8 Å². The second kappa shape index (κ2) is 10.6. The summed E-state index contributed by atoms with van der Waals surface area (Å²) in [6.07, 6.45) is 4.43. The molecule has 0 aliphatic heterocycles. The van der Waals surface area contributed by atoms with Crippen molar-refractivity contribution in [2.45, 2.75) is 0 Å². The van der Waals surface area contributed by atoms with Gasteiger partial charge in [-0.2, -0.15) is 5.10 Å². The third-order valence-corrected chi connectivity index (χ3v) is 6.67. The highest BCUT2D eigenvalue weighted by atomic mass is 79.9. The van der Waals surface area contributed by atoms with Crippen molar-refractivity contribution in [3.63, 3.8) is 0 Å². The molecule has 0 saturated carbocycles. The number of nitrogens with zero attached hydrogens (tertiary/aromatic N) is 1. The predicted molar refractivity (Wildman–Crippen MR) is 137 cm³/mol. The van der Waals surface area contributed by atoms with E-state index in [9.17, 15) is 9.59 Å². The Labute approximate surface area is 207 Å². The van der Waals surface area contributed by atoms with Gasteiger partial charge in [0.05, 0.1) is 11.2 Å². The number of thiophene rings is 1. The number of rotatable bonds is 6. The first-order valence-electron chi connectivity index (χ1n) is 9.76. The Bertz CT molecular complexity index is 1380. The Morgan fingerprint density at radius 1 is 1.03 bits per heavy atom. The van der Waals surface area contributed by atoms with Crippen LogP contribution in [-0.2, 0) is 4.79 Å². The summed E-state index contributed by atoms with van der Waals surface area (Å²) in [6, 6.07) is 22.1.